The molecule has 0 unspecified atom stereocenters. The van der Waals surface area contributed by atoms with Crippen LogP contribution in [0.25, 0.3) is 4.91 Å². The number of allylic oxidation sites excluding steroid dienone is 1. The van der Waals surface area contributed by atoms with Gasteiger partial charge in [0.15, 0.2) is 0 Å². The minimum atomic E-state index is -0.451. The van der Waals surface area contributed by atoms with Gasteiger partial charge < -0.3 is 0 Å². The van der Waals surface area contributed by atoms with E-state index < -0.39 is 11.6 Å². The zero-order valence-electron chi connectivity index (χ0n) is 7.22. The molecule has 0 amide bonds. The van der Waals surface area contributed by atoms with E-state index >= 15 is 0 Å². The van der Waals surface area contributed by atoms with E-state index in [9.17, 15) is 8.78 Å². The van der Waals surface area contributed by atoms with E-state index in [0.29, 0.717) is 4.91 Å². The van der Waals surface area contributed by atoms with Crippen LogP contribution in [0.3, 0.4) is 0 Å². The van der Waals surface area contributed by atoms with E-state index in [1.54, 1.807) is 6.08 Å². The second kappa shape index (κ2) is 4.42. The Hall–Kier alpha value is -0.830. The fourth-order valence-corrected chi connectivity index (χ4v) is 1.35. The van der Waals surface area contributed by atoms with E-state index in [1.807, 2.05) is 6.92 Å². The first kappa shape index (κ1) is 10.3. The van der Waals surface area contributed by atoms with E-state index in [-0.39, 0.29) is 5.56 Å². The Kier molecular flexibility index (Phi) is 3.48. The largest absolute Gasteiger partial charge is 0.207 e. The van der Waals surface area contributed by atoms with Crippen LogP contribution in [0, 0.1) is 11.6 Å². The molecule has 1 aromatic carbocycles. The van der Waals surface area contributed by atoms with Gasteiger partial charge in [-0.1, -0.05) is 13.0 Å². The normalized spacial score (nSPS) is 11.8. The van der Waals surface area contributed by atoms with E-state index in [0.717, 1.165) is 24.6 Å². The molecule has 0 nitrogen and oxygen atoms in total. The van der Waals surface area contributed by atoms with Crippen molar-refractivity contribution in [3.05, 3.63) is 41.5 Å². The Balaban J connectivity index is 3.13. The van der Waals surface area contributed by atoms with Gasteiger partial charge in [-0.25, -0.2) is 8.78 Å². The molecule has 13 heavy (non-hydrogen) atoms. The lowest BCUT2D eigenvalue weighted by atomic mass is 10.2. The van der Waals surface area contributed by atoms with Crippen LogP contribution in [0.2, 0.25) is 0 Å². The lowest BCUT2D eigenvalue weighted by molar-refractivity contribution is 0.597. The Bertz CT molecular complexity index is 332. The van der Waals surface area contributed by atoms with Crippen molar-refractivity contribution in [1.29, 1.82) is 0 Å². The average Bonchev–Trinajstić information content (AvgIpc) is 2.09. The molecule has 3 heteroatoms. The summed E-state index contributed by atoms with van der Waals surface area (Å²) in [6, 6.07) is 3.33. The topological polar surface area (TPSA) is 0 Å². The number of halogens is 2. The molecule has 0 bridgehead atoms. The third-order valence-electron chi connectivity index (χ3n) is 1.60. The summed E-state index contributed by atoms with van der Waals surface area (Å²) >= 11 is 4.07. The predicted molar refractivity (Wildman–Crippen MR) is 53.6 cm³/mol. The van der Waals surface area contributed by atoms with E-state index in [1.165, 1.54) is 0 Å². The molecule has 1 rings (SSSR count). The van der Waals surface area contributed by atoms with Gasteiger partial charge in [-0.05, 0) is 24.6 Å². The molecule has 0 aliphatic rings. The van der Waals surface area contributed by atoms with Crippen LogP contribution in [-0.2, 0) is 0 Å². The van der Waals surface area contributed by atoms with Crippen molar-refractivity contribution in [2.45, 2.75) is 13.3 Å². The number of benzene rings is 1. The molecule has 0 N–H and O–H groups in total. The highest BCUT2D eigenvalue weighted by atomic mass is 32.1. The zero-order valence-corrected chi connectivity index (χ0v) is 8.11. The van der Waals surface area contributed by atoms with Gasteiger partial charge in [-0.3, -0.25) is 0 Å². The van der Waals surface area contributed by atoms with Gasteiger partial charge in [-0.2, -0.15) is 0 Å². The Morgan fingerprint density at radius 3 is 2.77 bits per heavy atom. The summed E-state index contributed by atoms with van der Waals surface area (Å²) in [6.07, 6.45) is 2.48. The van der Waals surface area contributed by atoms with Crippen molar-refractivity contribution in [3.63, 3.8) is 0 Å². The summed E-state index contributed by atoms with van der Waals surface area (Å²) < 4.78 is 25.8. The molecule has 0 saturated heterocycles. The molecule has 0 aliphatic heterocycles. The van der Waals surface area contributed by atoms with E-state index in [4.69, 9.17) is 0 Å². The zero-order chi connectivity index (χ0) is 9.84. The summed E-state index contributed by atoms with van der Waals surface area (Å²) in [7, 11) is 0. The van der Waals surface area contributed by atoms with Crippen LogP contribution in [0.5, 0.6) is 0 Å². The van der Waals surface area contributed by atoms with Gasteiger partial charge in [0.2, 0.25) is 0 Å². The van der Waals surface area contributed by atoms with Crippen molar-refractivity contribution < 1.29 is 8.78 Å². The molecule has 0 fully saturated rings. The third-order valence-corrected chi connectivity index (χ3v) is 2.03. The fraction of sp³-hybridized carbons (Fsp3) is 0.200. The maximum Gasteiger partial charge on any atom is 0.131 e. The Morgan fingerprint density at radius 1 is 1.46 bits per heavy atom. The average molecular weight is 200 g/mol. The van der Waals surface area contributed by atoms with Crippen molar-refractivity contribution >= 4 is 17.5 Å². The molecular weight excluding hydrogens is 190 g/mol. The smallest absolute Gasteiger partial charge is 0.131 e. The first-order valence-corrected chi connectivity index (χ1v) is 4.44. The van der Waals surface area contributed by atoms with Crippen LogP contribution >= 0.6 is 12.6 Å². The summed E-state index contributed by atoms with van der Waals surface area (Å²) in [6.45, 7) is 1.91. The summed E-state index contributed by atoms with van der Waals surface area (Å²) in [5.41, 5.74) is 0.213. The number of hydrogen-bond donors (Lipinski definition) is 1. The van der Waals surface area contributed by atoms with Crippen LogP contribution in [0.15, 0.2) is 24.3 Å². The minimum absolute atomic E-state index is 0.213. The molecule has 0 aromatic heterocycles. The highest BCUT2D eigenvalue weighted by Gasteiger charge is 2.05. The van der Waals surface area contributed by atoms with Crippen LogP contribution in [0.4, 0.5) is 8.78 Å². The number of rotatable bonds is 2. The first-order valence-electron chi connectivity index (χ1n) is 3.99. The Morgan fingerprint density at radius 2 is 2.15 bits per heavy atom. The maximum atomic E-state index is 13.1. The molecule has 1 aromatic rings. The van der Waals surface area contributed by atoms with E-state index in [2.05, 4.69) is 12.6 Å². The van der Waals surface area contributed by atoms with Gasteiger partial charge in [0.1, 0.15) is 11.6 Å². The van der Waals surface area contributed by atoms with Crippen molar-refractivity contribution in [1.82, 2.24) is 0 Å². The van der Waals surface area contributed by atoms with Crippen LogP contribution < -0.4 is 0 Å². The number of thiol groups is 1. The minimum Gasteiger partial charge on any atom is -0.207 e. The van der Waals surface area contributed by atoms with Crippen molar-refractivity contribution in [2.75, 3.05) is 0 Å². The maximum absolute atomic E-state index is 13.1. The molecule has 0 spiro atoms. The lowest BCUT2D eigenvalue weighted by Gasteiger charge is -2.02. The van der Waals surface area contributed by atoms with Crippen LogP contribution in [0.1, 0.15) is 18.9 Å². The third kappa shape index (κ3) is 2.56. The van der Waals surface area contributed by atoms with Crippen LogP contribution in [-0.4, -0.2) is 0 Å². The quantitative estimate of drug-likeness (QED) is 0.692. The summed E-state index contributed by atoms with van der Waals surface area (Å²) in [5.74, 6) is -0.899. The predicted octanol–water partition coefficient (Wildman–Crippen LogP) is 3.65. The second-order valence-corrected chi connectivity index (χ2v) is 3.10. The monoisotopic (exact) mass is 200 g/mol. The second-order valence-electron chi connectivity index (χ2n) is 2.62. The van der Waals surface area contributed by atoms with Crippen molar-refractivity contribution in [3.8, 4) is 0 Å². The molecule has 0 saturated carbocycles. The number of hydrogen-bond acceptors (Lipinski definition) is 1. The molecule has 70 valence electrons. The fourth-order valence-electron chi connectivity index (χ4n) is 0.997. The summed E-state index contributed by atoms with van der Waals surface area (Å²) in [4.78, 5) is 0.472. The molecule has 0 atom stereocenters. The molecular formula is C10H10F2S. The standard InChI is InChI=1S/C10H10F2S/c1-2-3-10(13)8-6-7(11)4-5-9(8)12/h3-6,13H,2H2,1H3/b10-3-. The highest BCUT2D eigenvalue weighted by Crippen LogP contribution is 2.22. The van der Waals surface area contributed by atoms with Gasteiger partial charge in [0.25, 0.3) is 0 Å². The van der Waals surface area contributed by atoms with Crippen molar-refractivity contribution in [2.24, 2.45) is 0 Å². The summed E-state index contributed by atoms with van der Waals surface area (Å²) in [5, 5.41) is 0. The molecule has 0 radical (unpaired) electrons. The SMILES string of the molecule is CC/C=C(\S)c1cc(F)ccc1F. The van der Waals surface area contributed by atoms with Gasteiger partial charge in [0.05, 0.1) is 0 Å². The van der Waals surface area contributed by atoms with Gasteiger partial charge in [0, 0.05) is 10.5 Å². The van der Waals surface area contributed by atoms with Gasteiger partial charge >= 0.3 is 0 Å². The Labute approximate surface area is 81.7 Å². The first-order chi connectivity index (χ1) is 6.15. The van der Waals surface area contributed by atoms with Gasteiger partial charge in [-0.15, -0.1) is 12.6 Å². The molecule has 0 heterocycles. The lowest BCUT2D eigenvalue weighted by Crippen LogP contribution is -1.87. The molecule has 0 aliphatic carbocycles. The highest BCUT2D eigenvalue weighted by molar-refractivity contribution is 7.90.